The van der Waals surface area contributed by atoms with E-state index in [9.17, 15) is 18.8 Å². The molecule has 2 aromatic rings. The summed E-state index contributed by atoms with van der Waals surface area (Å²) in [6.07, 6.45) is 0.621. The van der Waals surface area contributed by atoms with Crippen molar-refractivity contribution in [3.63, 3.8) is 0 Å². The predicted octanol–water partition coefficient (Wildman–Crippen LogP) is 1.10. The summed E-state index contributed by atoms with van der Waals surface area (Å²) in [5, 5.41) is 13.0. The molecular weight excluding hydrogens is 389 g/mol. The summed E-state index contributed by atoms with van der Waals surface area (Å²) in [4.78, 5) is 36.1. The Morgan fingerprint density at radius 1 is 1.29 bits per heavy atom. The average Bonchev–Trinajstić information content (AvgIpc) is 3.13. The van der Waals surface area contributed by atoms with Crippen LogP contribution in [0.4, 0.5) is 9.18 Å². The summed E-state index contributed by atoms with van der Waals surface area (Å²) >= 11 is 1.10. The lowest BCUT2D eigenvalue weighted by Gasteiger charge is -2.25. The van der Waals surface area contributed by atoms with Crippen molar-refractivity contribution in [3.05, 3.63) is 41.5 Å². The van der Waals surface area contributed by atoms with Crippen molar-refractivity contribution in [2.24, 2.45) is 0 Å². The fourth-order valence-electron chi connectivity index (χ4n) is 2.42. The van der Waals surface area contributed by atoms with Gasteiger partial charge in [-0.15, -0.1) is 10.2 Å². The highest BCUT2D eigenvalue weighted by molar-refractivity contribution is 7.99. The monoisotopic (exact) mass is 407 g/mol. The third-order valence-electron chi connectivity index (χ3n) is 3.92. The van der Waals surface area contributed by atoms with Crippen LogP contribution in [0.3, 0.4) is 0 Å². The molecule has 0 aliphatic carbocycles. The van der Waals surface area contributed by atoms with E-state index in [4.69, 9.17) is 4.42 Å². The van der Waals surface area contributed by atoms with Gasteiger partial charge in [0.2, 0.25) is 17.7 Å². The number of rotatable bonds is 8. The number of amides is 4. The van der Waals surface area contributed by atoms with Gasteiger partial charge in [-0.2, -0.15) is 0 Å². The van der Waals surface area contributed by atoms with Gasteiger partial charge in [-0.05, 0) is 17.7 Å². The van der Waals surface area contributed by atoms with Gasteiger partial charge in [-0.25, -0.2) is 9.18 Å². The Kier molecular flexibility index (Phi) is 6.58. The van der Waals surface area contributed by atoms with Gasteiger partial charge >= 0.3 is 6.03 Å². The number of thioether (sulfide) groups is 1. The van der Waals surface area contributed by atoms with Crippen molar-refractivity contribution < 1.29 is 23.2 Å². The SMILES string of the molecule is O=C(CSc1nnc(CCN2CCC(=O)NC2=O)o1)NCc1ccc(F)cc1. The van der Waals surface area contributed by atoms with Gasteiger partial charge in [0, 0.05) is 32.5 Å². The summed E-state index contributed by atoms with van der Waals surface area (Å²) in [5.74, 6) is -0.384. The molecule has 0 atom stereocenters. The average molecular weight is 407 g/mol. The first-order valence-corrected chi connectivity index (χ1v) is 9.53. The van der Waals surface area contributed by atoms with Crippen molar-refractivity contribution in [1.82, 2.24) is 25.7 Å². The molecule has 148 valence electrons. The maximum absolute atomic E-state index is 12.8. The molecule has 0 spiro atoms. The number of carbonyl (C=O) groups is 3. The summed E-state index contributed by atoms with van der Waals surface area (Å²) < 4.78 is 18.3. The summed E-state index contributed by atoms with van der Waals surface area (Å²) in [5.41, 5.74) is 0.795. The molecule has 1 fully saturated rings. The zero-order valence-corrected chi connectivity index (χ0v) is 15.6. The lowest BCUT2D eigenvalue weighted by Crippen LogP contribution is -2.49. The van der Waals surface area contributed by atoms with Gasteiger partial charge in [-0.1, -0.05) is 23.9 Å². The minimum Gasteiger partial charge on any atom is -0.416 e. The Hall–Kier alpha value is -2.95. The van der Waals surface area contributed by atoms with E-state index in [1.165, 1.54) is 17.0 Å². The fourth-order valence-corrected chi connectivity index (χ4v) is 3.03. The number of nitrogens with zero attached hydrogens (tertiary/aromatic N) is 3. The van der Waals surface area contributed by atoms with E-state index >= 15 is 0 Å². The van der Waals surface area contributed by atoms with Gasteiger partial charge in [0.05, 0.1) is 5.75 Å². The normalized spacial score (nSPS) is 14.1. The van der Waals surface area contributed by atoms with Gasteiger partial charge in [-0.3, -0.25) is 14.9 Å². The molecule has 0 saturated carbocycles. The molecule has 3 rings (SSSR count). The Balaban J connectivity index is 1.38. The first kappa shape index (κ1) is 19.8. The highest BCUT2D eigenvalue weighted by atomic mass is 32.2. The van der Waals surface area contributed by atoms with Crippen LogP contribution in [0.5, 0.6) is 0 Å². The molecule has 0 bridgehead atoms. The largest absolute Gasteiger partial charge is 0.416 e. The highest BCUT2D eigenvalue weighted by Crippen LogP contribution is 2.16. The van der Waals surface area contributed by atoms with E-state index in [0.29, 0.717) is 31.9 Å². The summed E-state index contributed by atoms with van der Waals surface area (Å²) in [6, 6.07) is 5.45. The molecule has 0 unspecified atom stereocenters. The standard InChI is InChI=1S/C17H18FN5O4S/c18-12-3-1-11(2-4-12)9-19-14(25)10-28-17-22-21-15(27-17)6-8-23-7-5-13(24)20-16(23)26/h1-4H,5-10H2,(H,19,25)(H,20,24,26). The molecular formula is C17H18FN5O4S. The first-order chi connectivity index (χ1) is 13.5. The van der Waals surface area contributed by atoms with Crippen LogP contribution in [0.2, 0.25) is 0 Å². The van der Waals surface area contributed by atoms with E-state index in [-0.39, 0.29) is 35.0 Å². The van der Waals surface area contributed by atoms with Crippen LogP contribution in [-0.4, -0.2) is 51.8 Å². The molecule has 1 aromatic heterocycles. The number of hydrogen-bond donors (Lipinski definition) is 2. The zero-order chi connectivity index (χ0) is 19.9. The molecule has 1 aliphatic rings. The van der Waals surface area contributed by atoms with Crippen LogP contribution >= 0.6 is 11.8 Å². The van der Waals surface area contributed by atoms with Gasteiger partial charge in [0.15, 0.2) is 0 Å². The second kappa shape index (κ2) is 9.31. The second-order valence-corrected chi connectivity index (χ2v) is 6.92. The molecule has 1 aromatic carbocycles. The number of benzene rings is 1. The maximum atomic E-state index is 12.8. The maximum Gasteiger partial charge on any atom is 0.324 e. The molecule has 11 heteroatoms. The van der Waals surface area contributed by atoms with Crippen LogP contribution in [0, 0.1) is 5.82 Å². The van der Waals surface area contributed by atoms with Crippen LogP contribution in [0.25, 0.3) is 0 Å². The number of imide groups is 1. The Bertz CT molecular complexity index is 857. The molecule has 9 nitrogen and oxygen atoms in total. The first-order valence-electron chi connectivity index (χ1n) is 8.54. The van der Waals surface area contributed by atoms with Crippen LogP contribution in [-0.2, 0) is 22.6 Å². The van der Waals surface area contributed by atoms with Gasteiger partial charge in [0.1, 0.15) is 5.82 Å². The van der Waals surface area contributed by atoms with Crippen molar-refractivity contribution in [3.8, 4) is 0 Å². The molecule has 2 N–H and O–H groups in total. The van der Waals surface area contributed by atoms with E-state index < -0.39 is 6.03 Å². The lowest BCUT2D eigenvalue weighted by atomic mass is 10.2. The van der Waals surface area contributed by atoms with Crippen molar-refractivity contribution >= 4 is 29.6 Å². The van der Waals surface area contributed by atoms with E-state index in [1.807, 2.05) is 0 Å². The Morgan fingerprint density at radius 2 is 2.07 bits per heavy atom. The smallest absolute Gasteiger partial charge is 0.324 e. The molecule has 1 aliphatic heterocycles. The fraction of sp³-hybridized carbons (Fsp3) is 0.353. The molecule has 4 amide bonds. The minimum atomic E-state index is -0.428. The Morgan fingerprint density at radius 3 is 2.82 bits per heavy atom. The summed E-state index contributed by atoms with van der Waals surface area (Å²) in [6.45, 7) is 1.01. The predicted molar refractivity (Wildman–Crippen MR) is 96.7 cm³/mol. The van der Waals surface area contributed by atoms with E-state index in [0.717, 1.165) is 17.3 Å². The van der Waals surface area contributed by atoms with E-state index in [1.54, 1.807) is 12.1 Å². The summed E-state index contributed by atoms with van der Waals surface area (Å²) in [7, 11) is 0. The minimum absolute atomic E-state index is 0.0967. The number of urea groups is 1. The second-order valence-electron chi connectivity index (χ2n) is 5.99. The topological polar surface area (TPSA) is 117 Å². The molecule has 2 heterocycles. The molecule has 0 radical (unpaired) electrons. The number of hydrogen-bond acceptors (Lipinski definition) is 7. The number of aromatic nitrogens is 2. The van der Waals surface area contributed by atoms with Crippen LogP contribution in [0.1, 0.15) is 17.9 Å². The van der Waals surface area contributed by atoms with Gasteiger partial charge in [0.25, 0.3) is 5.22 Å². The van der Waals surface area contributed by atoms with Crippen LogP contribution < -0.4 is 10.6 Å². The quantitative estimate of drug-likeness (QED) is 0.629. The van der Waals surface area contributed by atoms with E-state index in [2.05, 4.69) is 20.8 Å². The molecule has 28 heavy (non-hydrogen) atoms. The molecule has 1 saturated heterocycles. The number of carbonyl (C=O) groups excluding carboxylic acids is 3. The Labute approximate surface area is 164 Å². The third kappa shape index (κ3) is 5.78. The number of halogens is 1. The van der Waals surface area contributed by atoms with Gasteiger partial charge < -0.3 is 14.6 Å². The third-order valence-corrected chi connectivity index (χ3v) is 4.73. The van der Waals surface area contributed by atoms with Crippen LogP contribution in [0.15, 0.2) is 33.9 Å². The number of nitrogens with one attached hydrogen (secondary N) is 2. The zero-order valence-electron chi connectivity index (χ0n) is 14.8. The lowest BCUT2D eigenvalue weighted by molar-refractivity contribution is -0.121. The highest BCUT2D eigenvalue weighted by Gasteiger charge is 2.23. The van der Waals surface area contributed by atoms with Crippen molar-refractivity contribution in [2.45, 2.75) is 24.6 Å². The van der Waals surface area contributed by atoms with Crippen molar-refractivity contribution in [1.29, 1.82) is 0 Å². The van der Waals surface area contributed by atoms with Crippen molar-refractivity contribution in [2.75, 3.05) is 18.8 Å².